The molecular weight excluding hydrogens is 352 g/mol. The highest BCUT2D eigenvalue weighted by Crippen LogP contribution is 2.53. The van der Waals surface area contributed by atoms with Gasteiger partial charge in [-0.25, -0.2) is 9.79 Å². The van der Waals surface area contributed by atoms with E-state index in [-0.39, 0.29) is 0 Å². The predicted molar refractivity (Wildman–Crippen MR) is 100 cm³/mol. The Morgan fingerprint density at radius 1 is 1.09 bits per heavy atom. The van der Waals surface area contributed by atoms with Gasteiger partial charge in [0.05, 0.1) is 10.0 Å². The van der Waals surface area contributed by atoms with E-state index in [4.69, 9.17) is 23.2 Å². The molecule has 0 amide bonds. The number of rotatable bonds is 7. The number of allylic oxidation sites excluding steroid dienone is 1. The molecule has 0 heterocycles. The van der Waals surface area contributed by atoms with Gasteiger partial charge in [0.25, 0.3) is 7.72 Å². The van der Waals surface area contributed by atoms with Gasteiger partial charge in [0.15, 0.2) is 0 Å². The van der Waals surface area contributed by atoms with Crippen molar-refractivity contribution in [1.82, 2.24) is 5.32 Å². The van der Waals surface area contributed by atoms with E-state index in [1.165, 1.54) is 24.8 Å². The van der Waals surface area contributed by atoms with Crippen LogP contribution < -0.4 is 5.32 Å². The van der Waals surface area contributed by atoms with Crippen LogP contribution >= 0.6 is 30.9 Å². The summed E-state index contributed by atoms with van der Waals surface area (Å²) in [7, 11) is -2.88. The monoisotopic (exact) mass is 376 g/mol. The second-order valence-electron chi connectivity index (χ2n) is 6.14. The normalized spacial score (nSPS) is 15.7. The van der Waals surface area contributed by atoms with Crippen LogP contribution in [0.3, 0.4) is 0 Å². The second-order valence-corrected chi connectivity index (χ2v) is 9.23. The van der Waals surface area contributed by atoms with Crippen molar-refractivity contribution in [2.24, 2.45) is 0 Å². The average molecular weight is 377 g/mol. The number of hydrogen-bond acceptors (Lipinski definition) is 3. The first-order valence-electron chi connectivity index (χ1n) is 8.15. The van der Waals surface area contributed by atoms with Crippen molar-refractivity contribution in [3.8, 4) is 0 Å². The summed E-state index contributed by atoms with van der Waals surface area (Å²) in [5.74, 6) is 1.77. The number of halogens is 2. The Morgan fingerprint density at radius 2 is 1.83 bits per heavy atom. The minimum atomic E-state index is -2.88. The first-order chi connectivity index (χ1) is 11.0. The zero-order valence-corrected chi connectivity index (χ0v) is 15.7. The molecule has 1 aromatic carbocycles. The minimum absolute atomic E-state index is 0.449. The molecule has 0 radical (unpaired) electrons. The lowest BCUT2D eigenvalue weighted by Crippen LogP contribution is -2.16. The van der Waals surface area contributed by atoms with Crippen molar-refractivity contribution >= 4 is 30.9 Å². The van der Waals surface area contributed by atoms with Gasteiger partial charge >= 0.3 is 0 Å². The Morgan fingerprint density at radius 3 is 2.52 bits per heavy atom. The Bertz CT molecular complexity index is 541. The van der Waals surface area contributed by atoms with E-state index in [0.29, 0.717) is 22.8 Å². The summed E-state index contributed by atoms with van der Waals surface area (Å²) in [6.07, 6.45) is 6.86. The van der Waals surface area contributed by atoms with E-state index in [1.54, 1.807) is 11.9 Å². The summed E-state index contributed by atoms with van der Waals surface area (Å²) in [6, 6.07) is 5.57. The third-order valence-electron chi connectivity index (χ3n) is 4.04. The molecule has 0 atom stereocenters. The maximum atomic E-state index is 10.2. The Kier molecular flexibility index (Phi) is 7.81. The molecule has 1 fully saturated rings. The van der Waals surface area contributed by atoms with Crippen molar-refractivity contribution in [2.45, 2.75) is 45.1 Å². The van der Waals surface area contributed by atoms with E-state index < -0.39 is 7.72 Å². The van der Waals surface area contributed by atoms with Gasteiger partial charge in [-0.2, -0.15) is 0 Å². The molecule has 2 rings (SSSR count). The SMILES string of the molecule is O[P+](O)(C=C1CCCCC1)CCCNCc1ccc(Cl)c(Cl)c1. The second kappa shape index (κ2) is 9.36. The average Bonchev–Trinajstić information content (AvgIpc) is 2.51. The molecule has 1 aliphatic carbocycles. The van der Waals surface area contributed by atoms with Crippen LogP contribution in [0.5, 0.6) is 0 Å². The maximum Gasteiger partial charge on any atom is 0.292 e. The summed E-state index contributed by atoms with van der Waals surface area (Å²) >= 11 is 11.9. The molecule has 1 aromatic rings. The molecule has 23 heavy (non-hydrogen) atoms. The van der Waals surface area contributed by atoms with Crippen LogP contribution in [-0.4, -0.2) is 22.5 Å². The van der Waals surface area contributed by atoms with Gasteiger partial charge in [-0.1, -0.05) is 35.7 Å². The highest BCUT2D eigenvalue weighted by molar-refractivity contribution is 7.67. The Labute approximate surface area is 149 Å². The lowest BCUT2D eigenvalue weighted by molar-refractivity contribution is 0.458. The van der Waals surface area contributed by atoms with Crippen LogP contribution in [0.1, 0.15) is 44.1 Å². The lowest BCUT2D eigenvalue weighted by atomic mass is 9.96. The van der Waals surface area contributed by atoms with Crippen LogP contribution in [0.15, 0.2) is 29.6 Å². The van der Waals surface area contributed by atoms with Crippen LogP contribution in [0, 0.1) is 0 Å². The van der Waals surface area contributed by atoms with Gasteiger partial charge in [-0.15, -0.1) is 0 Å². The van der Waals surface area contributed by atoms with Gasteiger partial charge in [-0.05, 0) is 61.9 Å². The molecule has 6 heteroatoms. The molecule has 1 saturated carbocycles. The molecule has 0 saturated heterocycles. The molecule has 0 spiro atoms. The standard InChI is InChI=1S/C17H25Cl2NO2P/c18-16-8-7-15(11-17(16)19)12-20-9-4-10-23(21,22)13-14-5-2-1-3-6-14/h7-8,11,13,20-22H,1-6,9-10,12H2/q+1. The highest BCUT2D eigenvalue weighted by atomic mass is 35.5. The van der Waals surface area contributed by atoms with Gasteiger partial charge in [0.2, 0.25) is 0 Å². The fourth-order valence-electron chi connectivity index (χ4n) is 2.81. The van der Waals surface area contributed by atoms with E-state index in [9.17, 15) is 9.79 Å². The van der Waals surface area contributed by atoms with E-state index in [1.807, 2.05) is 12.1 Å². The number of benzene rings is 1. The zero-order valence-electron chi connectivity index (χ0n) is 13.3. The van der Waals surface area contributed by atoms with E-state index in [0.717, 1.165) is 31.4 Å². The first-order valence-corrected chi connectivity index (χ1v) is 10.9. The summed E-state index contributed by atoms with van der Waals surface area (Å²) in [6.45, 7) is 1.44. The summed E-state index contributed by atoms with van der Waals surface area (Å²) in [5.41, 5.74) is 2.30. The fraction of sp³-hybridized carbons (Fsp3) is 0.529. The molecule has 3 N–H and O–H groups in total. The topological polar surface area (TPSA) is 52.5 Å². The van der Waals surface area contributed by atoms with Gasteiger partial charge < -0.3 is 5.32 Å². The van der Waals surface area contributed by atoms with Crippen LogP contribution in [-0.2, 0) is 6.54 Å². The molecular formula is C17H25Cl2NO2P+. The van der Waals surface area contributed by atoms with Crippen molar-refractivity contribution < 1.29 is 9.79 Å². The van der Waals surface area contributed by atoms with E-state index in [2.05, 4.69) is 5.32 Å². The third-order valence-corrected chi connectivity index (χ3v) is 6.53. The van der Waals surface area contributed by atoms with Gasteiger partial charge in [0, 0.05) is 6.54 Å². The highest BCUT2D eigenvalue weighted by Gasteiger charge is 2.30. The smallest absolute Gasteiger partial charge is 0.292 e. The quantitative estimate of drug-likeness (QED) is 0.455. The molecule has 3 nitrogen and oxygen atoms in total. The van der Waals surface area contributed by atoms with Crippen LogP contribution in [0.25, 0.3) is 0 Å². The van der Waals surface area contributed by atoms with Crippen LogP contribution in [0.4, 0.5) is 0 Å². The minimum Gasteiger partial charge on any atom is -0.313 e. The largest absolute Gasteiger partial charge is 0.313 e. The lowest BCUT2D eigenvalue weighted by Gasteiger charge is -2.15. The van der Waals surface area contributed by atoms with E-state index >= 15 is 0 Å². The fourth-order valence-corrected chi connectivity index (χ4v) is 4.73. The summed E-state index contributed by atoms with van der Waals surface area (Å²) < 4.78 is 0. The molecule has 0 aliphatic heterocycles. The maximum absolute atomic E-state index is 10.2. The first kappa shape index (κ1) is 19.2. The summed E-state index contributed by atoms with van der Waals surface area (Å²) in [5, 5.41) is 4.41. The number of nitrogens with one attached hydrogen (secondary N) is 1. The molecule has 1 aliphatic rings. The van der Waals surface area contributed by atoms with Crippen LogP contribution in [0.2, 0.25) is 10.0 Å². The van der Waals surface area contributed by atoms with Gasteiger partial charge in [-0.3, -0.25) is 0 Å². The van der Waals surface area contributed by atoms with Gasteiger partial charge in [0.1, 0.15) is 12.0 Å². The molecule has 0 unspecified atom stereocenters. The third kappa shape index (κ3) is 7.09. The van der Waals surface area contributed by atoms with Crippen molar-refractivity contribution in [3.05, 3.63) is 45.2 Å². The Hall–Kier alpha value is -0.150. The van der Waals surface area contributed by atoms with Crippen molar-refractivity contribution in [2.75, 3.05) is 12.7 Å². The molecule has 0 aromatic heterocycles. The van der Waals surface area contributed by atoms with Crippen molar-refractivity contribution in [1.29, 1.82) is 0 Å². The zero-order chi connectivity index (χ0) is 16.7. The predicted octanol–water partition coefficient (Wildman–Crippen LogP) is 5.15. The summed E-state index contributed by atoms with van der Waals surface area (Å²) in [4.78, 5) is 20.4. The molecule has 128 valence electrons. The Balaban J connectivity index is 1.68. The van der Waals surface area contributed by atoms with Crippen molar-refractivity contribution in [3.63, 3.8) is 0 Å². The molecule has 0 bridgehead atoms. The number of hydrogen-bond donors (Lipinski definition) is 3.